The lowest BCUT2D eigenvalue weighted by molar-refractivity contribution is 0.686. The van der Waals surface area contributed by atoms with E-state index in [1.807, 2.05) is 0 Å². The van der Waals surface area contributed by atoms with Crippen LogP contribution in [0.15, 0.2) is 60.7 Å². The van der Waals surface area contributed by atoms with Gasteiger partial charge in [-0.25, -0.2) is 0 Å². The van der Waals surface area contributed by atoms with Crippen molar-refractivity contribution < 1.29 is 0 Å². The van der Waals surface area contributed by atoms with Crippen LogP contribution in [0.2, 0.25) is 0 Å². The predicted molar refractivity (Wildman–Crippen MR) is 72.2 cm³/mol. The van der Waals surface area contributed by atoms with Gasteiger partial charge in [0.05, 0.1) is 0 Å². The molecular weight excluding hydrogens is 204 g/mol. The third-order valence-electron chi connectivity index (χ3n) is 3.97. The highest BCUT2D eigenvalue weighted by Crippen LogP contribution is 2.43. The van der Waals surface area contributed by atoms with Gasteiger partial charge in [-0.2, -0.15) is 0 Å². The van der Waals surface area contributed by atoms with Crippen LogP contribution in [0, 0.1) is 0 Å². The molecule has 0 heteroatoms. The smallest absolute Gasteiger partial charge is 0.0156 e. The van der Waals surface area contributed by atoms with E-state index >= 15 is 0 Å². The molecule has 17 heavy (non-hydrogen) atoms. The van der Waals surface area contributed by atoms with Crippen molar-refractivity contribution in [2.24, 2.45) is 0 Å². The summed E-state index contributed by atoms with van der Waals surface area (Å²) in [6.07, 6.45) is 3.99. The normalized spacial score (nSPS) is 23.8. The van der Waals surface area contributed by atoms with Crippen LogP contribution in [0.3, 0.4) is 0 Å². The predicted octanol–water partition coefficient (Wildman–Crippen LogP) is 4.74. The second kappa shape index (κ2) is 4.75. The van der Waals surface area contributed by atoms with E-state index in [1.165, 1.54) is 30.4 Å². The molecule has 0 aromatic heterocycles. The lowest BCUT2D eigenvalue weighted by atomic mass is 9.93. The van der Waals surface area contributed by atoms with E-state index in [9.17, 15) is 0 Å². The summed E-state index contributed by atoms with van der Waals surface area (Å²) in [5.74, 6) is 1.53. The molecule has 2 aromatic carbocycles. The second-order valence-corrected chi connectivity index (χ2v) is 5.03. The molecule has 0 aliphatic heterocycles. The van der Waals surface area contributed by atoms with Crippen LogP contribution >= 0.6 is 0 Å². The number of rotatable bonds is 2. The van der Waals surface area contributed by atoms with Gasteiger partial charge < -0.3 is 0 Å². The Kier molecular flexibility index (Phi) is 2.96. The summed E-state index contributed by atoms with van der Waals surface area (Å²) in [5, 5.41) is 0. The second-order valence-electron chi connectivity index (χ2n) is 5.03. The molecule has 1 saturated carbocycles. The van der Waals surface area contributed by atoms with E-state index in [1.54, 1.807) is 0 Å². The van der Waals surface area contributed by atoms with Gasteiger partial charge in [0, 0.05) is 0 Å². The van der Waals surface area contributed by atoms with Crippen molar-refractivity contribution in [1.29, 1.82) is 0 Å². The fourth-order valence-corrected chi connectivity index (χ4v) is 3.04. The number of benzene rings is 2. The van der Waals surface area contributed by atoms with Crippen LogP contribution in [0.25, 0.3) is 0 Å². The minimum Gasteiger partial charge on any atom is -0.0622 e. The largest absolute Gasteiger partial charge is 0.0622 e. The van der Waals surface area contributed by atoms with Crippen molar-refractivity contribution in [2.75, 3.05) is 0 Å². The van der Waals surface area contributed by atoms with Crippen molar-refractivity contribution in [3.05, 3.63) is 71.8 Å². The van der Waals surface area contributed by atoms with E-state index in [-0.39, 0.29) is 0 Å². The summed E-state index contributed by atoms with van der Waals surface area (Å²) < 4.78 is 0. The van der Waals surface area contributed by atoms with Crippen molar-refractivity contribution in [1.82, 2.24) is 0 Å². The van der Waals surface area contributed by atoms with Gasteiger partial charge in [0.1, 0.15) is 0 Å². The van der Waals surface area contributed by atoms with E-state index in [0.717, 1.165) is 11.8 Å². The number of hydrogen-bond acceptors (Lipinski definition) is 0. The first-order valence-corrected chi connectivity index (χ1v) is 6.53. The summed E-state index contributed by atoms with van der Waals surface area (Å²) in [6.45, 7) is 0. The zero-order valence-electron chi connectivity index (χ0n) is 10.0. The molecule has 0 radical (unpaired) electrons. The Morgan fingerprint density at radius 3 is 1.41 bits per heavy atom. The molecule has 2 atom stereocenters. The Morgan fingerprint density at radius 1 is 0.588 bits per heavy atom. The molecule has 2 aromatic rings. The highest BCUT2D eigenvalue weighted by atomic mass is 14.3. The van der Waals surface area contributed by atoms with Gasteiger partial charge in [0.15, 0.2) is 0 Å². The number of hydrogen-bond donors (Lipinski definition) is 0. The third-order valence-corrected chi connectivity index (χ3v) is 3.97. The van der Waals surface area contributed by atoms with Crippen LogP contribution in [-0.4, -0.2) is 0 Å². The highest BCUT2D eigenvalue weighted by molar-refractivity contribution is 5.26. The van der Waals surface area contributed by atoms with Crippen LogP contribution in [-0.2, 0) is 0 Å². The quantitative estimate of drug-likeness (QED) is 0.688. The molecule has 0 N–H and O–H groups in total. The van der Waals surface area contributed by atoms with E-state index in [2.05, 4.69) is 60.7 Å². The lowest BCUT2D eigenvalue weighted by Gasteiger charge is -2.12. The molecular formula is C17H18. The molecule has 0 bridgehead atoms. The molecule has 86 valence electrons. The molecule has 1 aliphatic rings. The van der Waals surface area contributed by atoms with E-state index in [0.29, 0.717) is 0 Å². The Morgan fingerprint density at radius 2 is 1.00 bits per heavy atom. The molecule has 0 heterocycles. The average Bonchev–Trinajstić information content (AvgIpc) is 2.90. The first-order valence-electron chi connectivity index (χ1n) is 6.53. The summed E-state index contributed by atoms with van der Waals surface area (Å²) in [5.41, 5.74) is 3.04. The molecule has 0 spiro atoms. The van der Waals surface area contributed by atoms with Crippen LogP contribution in [0.4, 0.5) is 0 Å². The zero-order valence-corrected chi connectivity index (χ0v) is 10.0. The van der Waals surface area contributed by atoms with Gasteiger partial charge >= 0.3 is 0 Å². The maximum absolute atomic E-state index is 2.28. The van der Waals surface area contributed by atoms with Gasteiger partial charge in [0.25, 0.3) is 0 Å². The Balaban J connectivity index is 1.75. The summed E-state index contributed by atoms with van der Waals surface area (Å²) >= 11 is 0. The van der Waals surface area contributed by atoms with Crippen molar-refractivity contribution in [3.63, 3.8) is 0 Å². The van der Waals surface area contributed by atoms with E-state index in [4.69, 9.17) is 0 Å². The Labute approximate surface area is 103 Å². The van der Waals surface area contributed by atoms with Gasteiger partial charge in [-0.05, 0) is 42.2 Å². The maximum atomic E-state index is 2.28. The fraction of sp³-hybridized carbons (Fsp3) is 0.294. The summed E-state index contributed by atoms with van der Waals surface area (Å²) in [6, 6.07) is 21.9. The average molecular weight is 222 g/mol. The van der Waals surface area contributed by atoms with Crippen LogP contribution in [0.5, 0.6) is 0 Å². The van der Waals surface area contributed by atoms with Crippen molar-refractivity contribution >= 4 is 0 Å². The summed E-state index contributed by atoms with van der Waals surface area (Å²) in [7, 11) is 0. The van der Waals surface area contributed by atoms with Gasteiger partial charge in [-0.3, -0.25) is 0 Å². The van der Waals surface area contributed by atoms with E-state index < -0.39 is 0 Å². The fourth-order valence-electron chi connectivity index (χ4n) is 3.04. The lowest BCUT2D eigenvalue weighted by Crippen LogP contribution is -1.94. The molecule has 0 amide bonds. The molecule has 1 aliphatic carbocycles. The van der Waals surface area contributed by atoms with Gasteiger partial charge in [-0.1, -0.05) is 60.7 Å². The SMILES string of the molecule is c1ccc([C@H]2CC[C@H](c3ccccc3)C2)cc1. The standard InChI is InChI=1S/C17H18/c1-3-7-14(8-4-1)16-11-12-17(13-16)15-9-5-2-6-10-15/h1-10,16-17H,11-13H2/t16-,17-/m0/s1. The monoisotopic (exact) mass is 222 g/mol. The minimum absolute atomic E-state index is 0.765. The van der Waals surface area contributed by atoms with Crippen LogP contribution in [0.1, 0.15) is 42.2 Å². The van der Waals surface area contributed by atoms with Gasteiger partial charge in [-0.15, -0.1) is 0 Å². The van der Waals surface area contributed by atoms with Crippen molar-refractivity contribution in [2.45, 2.75) is 31.1 Å². The third kappa shape index (κ3) is 2.26. The summed E-state index contributed by atoms with van der Waals surface area (Å²) in [4.78, 5) is 0. The van der Waals surface area contributed by atoms with Crippen LogP contribution < -0.4 is 0 Å². The molecule has 3 rings (SSSR count). The Hall–Kier alpha value is -1.56. The molecule has 1 fully saturated rings. The Bertz CT molecular complexity index is 412. The first kappa shape index (κ1) is 10.6. The highest BCUT2D eigenvalue weighted by Gasteiger charge is 2.26. The topological polar surface area (TPSA) is 0 Å². The minimum atomic E-state index is 0.765. The maximum Gasteiger partial charge on any atom is -0.0156 e. The van der Waals surface area contributed by atoms with Crippen molar-refractivity contribution in [3.8, 4) is 0 Å². The molecule has 0 unspecified atom stereocenters. The van der Waals surface area contributed by atoms with Gasteiger partial charge in [0.2, 0.25) is 0 Å². The zero-order chi connectivity index (χ0) is 11.5. The molecule has 0 nitrogen and oxygen atoms in total. The molecule has 0 saturated heterocycles. The first-order chi connectivity index (χ1) is 8.43.